The molecule has 0 radical (unpaired) electrons. The van der Waals surface area contributed by atoms with Crippen molar-refractivity contribution in [3.63, 3.8) is 0 Å². The average molecular weight is 310 g/mol. The molecule has 0 aliphatic heterocycles. The molecule has 0 unspecified atom stereocenters. The number of halogens is 1. The molecule has 0 atom stereocenters. The number of anilines is 2. The molecule has 0 bridgehead atoms. The summed E-state index contributed by atoms with van der Waals surface area (Å²) in [7, 11) is -3.95. The Hall–Kier alpha value is -2.28. The number of nitrogens with two attached hydrogens (primary N) is 1. The molecule has 0 aromatic heterocycles. The molecule has 0 heterocycles. The lowest BCUT2D eigenvalue weighted by atomic mass is 10.3. The van der Waals surface area contributed by atoms with E-state index >= 15 is 0 Å². The summed E-state index contributed by atoms with van der Waals surface area (Å²) in [6, 6.07) is 10.0. The van der Waals surface area contributed by atoms with Crippen LogP contribution >= 0.6 is 0 Å². The van der Waals surface area contributed by atoms with Crippen molar-refractivity contribution in [2.45, 2.75) is 11.8 Å². The van der Waals surface area contributed by atoms with E-state index in [-0.39, 0.29) is 4.90 Å². The predicted octanol–water partition coefficient (Wildman–Crippen LogP) is 2.61. The van der Waals surface area contributed by atoms with Gasteiger partial charge in [-0.05, 0) is 43.3 Å². The summed E-state index contributed by atoms with van der Waals surface area (Å²) < 4.78 is 45.4. The maximum Gasteiger partial charge on any atom is 0.264 e. The minimum absolute atomic E-state index is 0.295. The number of hydrogen-bond donors (Lipinski definition) is 2. The molecule has 7 heteroatoms. The van der Waals surface area contributed by atoms with Crippen molar-refractivity contribution in [2.75, 3.05) is 17.1 Å². The van der Waals surface area contributed by atoms with E-state index in [1.54, 1.807) is 24.3 Å². The molecule has 0 fully saturated rings. The Morgan fingerprint density at radius 3 is 2.48 bits per heavy atom. The Labute approximate surface area is 122 Å². The van der Waals surface area contributed by atoms with Crippen molar-refractivity contribution in [1.29, 1.82) is 0 Å². The Bertz CT molecular complexity index is 730. The minimum atomic E-state index is -3.95. The summed E-state index contributed by atoms with van der Waals surface area (Å²) >= 11 is 0. The van der Waals surface area contributed by atoms with Crippen LogP contribution in [0.5, 0.6) is 5.75 Å². The van der Waals surface area contributed by atoms with E-state index in [9.17, 15) is 12.8 Å². The Morgan fingerprint density at radius 1 is 1.19 bits per heavy atom. The van der Waals surface area contributed by atoms with Gasteiger partial charge in [0.2, 0.25) is 0 Å². The van der Waals surface area contributed by atoms with Crippen LogP contribution in [0.2, 0.25) is 0 Å². The van der Waals surface area contributed by atoms with Gasteiger partial charge < -0.3 is 10.5 Å². The first-order valence-corrected chi connectivity index (χ1v) is 7.72. The van der Waals surface area contributed by atoms with Gasteiger partial charge in [0.25, 0.3) is 10.0 Å². The van der Waals surface area contributed by atoms with Crippen LogP contribution in [0.1, 0.15) is 6.92 Å². The number of sulfonamides is 1. The zero-order valence-corrected chi connectivity index (χ0v) is 12.2. The maximum atomic E-state index is 13.4. The highest BCUT2D eigenvalue weighted by molar-refractivity contribution is 7.92. The second-order valence-electron chi connectivity index (χ2n) is 4.21. The standard InChI is InChI=1S/C14H15FN2O3S/c1-2-20-11-8-6-10(7-9-11)17-21(18,19)13-5-3-4-12(15)14(13)16/h3-9,17H,2,16H2,1H3. The van der Waals surface area contributed by atoms with Crippen molar-refractivity contribution in [3.05, 3.63) is 48.3 Å². The maximum absolute atomic E-state index is 13.4. The molecule has 0 aliphatic rings. The van der Waals surface area contributed by atoms with Gasteiger partial charge in [-0.3, -0.25) is 4.72 Å². The van der Waals surface area contributed by atoms with E-state index in [2.05, 4.69) is 4.72 Å². The quantitative estimate of drug-likeness (QED) is 0.832. The smallest absolute Gasteiger partial charge is 0.264 e. The summed E-state index contributed by atoms with van der Waals surface area (Å²) in [4.78, 5) is -0.295. The van der Waals surface area contributed by atoms with Crippen LogP contribution in [0, 0.1) is 5.82 Å². The van der Waals surface area contributed by atoms with Gasteiger partial charge in [0.05, 0.1) is 12.3 Å². The summed E-state index contributed by atoms with van der Waals surface area (Å²) in [5.41, 5.74) is 5.40. The lowest BCUT2D eigenvalue weighted by Gasteiger charge is -2.11. The molecule has 5 nitrogen and oxygen atoms in total. The van der Waals surface area contributed by atoms with E-state index in [1.807, 2.05) is 6.92 Å². The summed E-state index contributed by atoms with van der Waals surface area (Å²) in [6.07, 6.45) is 0. The number of nitrogen functional groups attached to an aromatic ring is 1. The van der Waals surface area contributed by atoms with Crippen molar-refractivity contribution in [1.82, 2.24) is 0 Å². The van der Waals surface area contributed by atoms with E-state index in [0.717, 1.165) is 6.07 Å². The Balaban J connectivity index is 2.27. The van der Waals surface area contributed by atoms with Gasteiger partial charge in [-0.25, -0.2) is 12.8 Å². The molecule has 0 spiro atoms. The minimum Gasteiger partial charge on any atom is -0.494 e. The van der Waals surface area contributed by atoms with Crippen LogP contribution in [-0.4, -0.2) is 15.0 Å². The largest absolute Gasteiger partial charge is 0.494 e. The van der Waals surface area contributed by atoms with Crippen molar-refractivity contribution >= 4 is 21.4 Å². The first-order chi connectivity index (χ1) is 9.94. The van der Waals surface area contributed by atoms with Gasteiger partial charge in [-0.1, -0.05) is 6.07 Å². The van der Waals surface area contributed by atoms with E-state index in [1.165, 1.54) is 12.1 Å². The lowest BCUT2D eigenvalue weighted by molar-refractivity contribution is 0.340. The molecule has 112 valence electrons. The number of benzene rings is 2. The first-order valence-electron chi connectivity index (χ1n) is 6.23. The van der Waals surface area contributed by atoms with Gasteiger partial charge in [0.15, 0.2) is 0 Å². The molecule has 0 amide bonds. The summed E-state index contributed by atoms with van der Waals surface area (Å²) in [6.45, 7) is 2.37. The van der Waals surface area contributed by atoms with Crippen molar-refractivity contribution < 1.29 is 17.5 Å². The summed E-state index contributed by atoms with van der Waals surface area (Å²) in [5, 5.41) is 0. The van der Waals surface area contributed by atoms with Crippen LogP contribution in [0.25, 0.3) is 0 Å². The third kappa shape index (κ3) is 3.43. The normalized spacial score (nSPS) is 11.1. The molecular weight excluding hydrogens is 295 g/mol. The third-order valence-corrected chi connectivity index (χ3v) is 4.16. The number of para-hydroxylation sites is 1. The van der Waals surface area contributed by atoms with Crippen LogP contribution in [0.15, 0.2) is 47.4 Å². The van der Waals surface area contributed by atoms with Gasteiger partial charge >= 0.3 is 0 Å². The third-order valence-electron chi connectivity index (χ3n) is 2.72. The SMILES string of the molecule is CCOc1ccc(NS(=O)(=O)c2cccc(F)c2N)cc1. The lowest BCUT2D eigenvalue weighted by Crippen LogP contribution is -2.15. The fourth-order valence-electron chi connectivity index (χ4n) is 1.75. The molecule has 2 aromatic carbocycles. The molecule has 0 saturated carbocycles. The van der Waals surface area contributed by atoms with E-state index in [4.69, 9.17) is 10.5 Å². The zero-order chi connectivity index (χ0) is 15.5. The fraction of sp³-hybridized carbons (Fsp3) is 0.143. The Morgan fingerprint density at radius 2 is 1.86 bits per heavy atom. The molecule has 3 N–H and O–H groups in total. The van der Waals surface area contributed by atoms with Crippen molar-refractivity contribution in [3.8, 4) is 5.75 Å². The van der Waals surface area contributed by atoms with Crippen molar-refractivity contribution in [2.24, 2.45) is 0 Å². The molecular formula is C14H15FN2O3S. The van der Waals surface area contributed by atoms with Gasteiger partial charge in [-0.15, -0.1) is 0 Å². The number of rotatable bonds is 5. The number of ether oxygens (including phenoxy) is 1. The zero-order valence-electron chi connectivity index (χ0n) is 11.3. The second-order valence-corrected chi connectivity index (χ2v) is 5.87. The fourth-order valence-corrected chi connectivity index (χ4v) is 2.95. The topological polar surface area (TPSA) is 81.4 Å². The Kier molecular flexibility index (Phi) is 4.32. The van der Waals surface area contributed by atoms with E-state index < -0.39 is 21.5 Å². The van der Waals surface area contributed by atoms with Gasteiger partial charge in [0, 0.05) is 5.69 Å². The second kappa shape index (κ2) is 6.01. The molecule has 0 aliphatic carbocycles. The predicted molar refractivity (Wildman–Crippen MR) is 79.2 cm³/mol. The number of nitrogens with one attached hydrogen (secondary N) is 1. The first kappa shape index (κ1) is 15.1. The highest BCUT2D eigenvalue weighted by Gasteiger charge is 2.19. The van der Waals surface area contributed by atoms with Crippen LogP contribution in [0.4, 0.5) is 15.8 Å². The van der Waals surface area contributed by atoms with E-state index in [0.29, 0.717) is 18.0 Å². The number of hydrogen-bond acceptors (Lipinski definition) is 4. The molecule has 21 heavy (non-hydrogen) atoms. The highest BCUT2D eigenvalue weighted by Crippen LogP contribution is 2.24. The summed E-state index contributed by atoms with van der Waals surface area (Å²) in [5.74, 6) is -0.143. The van der Waals surface area contributed by atoms with Gasteiger partial charge in [-0.2, -0.15) is 0 Å². The highest BCUT2D eigenvalue weighted by atomic mass is 32.2. The average Bonchev–Trinajstić information content (AvgIpc) is 2.44. The molecule has 0 saturated heterocycles. The van der Waals surface area contributed by atoms with Crippen LogP contribution in [-0.2, 0) is 10.0 Å². The molecule has 2 aromatic rings. The molecule has 2 rings (SSSR count). The van der Waals surface area contributed by atoms with Crippen LogP contribution < -0.4 is 15.2 Å². The van der Waals surface area contributed by atoms with Crippen LogP contribution in [0.3, 0.4) is 0 Å². The van der Waals surface area contributed by atoms with Gasteiger partial charge in [0.1, 0.15) is 16.5 Å². The monoisotopic (exact) mass is 310 g/mol.